The summed E-state index contributed by atoms with van der Waals surface area (Å²) >= 11 is 0. The Hall–Kier alpha value is -2.62. The van der Waals surface area contributed by atoms with Gasteiger partial charge in [0, 0.05) is 17.5 Å². The monoisotopic (exact) mass is 280 g/mol. The van der Waals surface area contributed by atoms with E-state index in [-0.39, 0.29) is 11.8 Å². The second-order valence-corrected chi connectivity index (χ2v) is 5.19. The number of aromatic nitrogens is 1. The highest BCUT2D eigenvalue weighted by Gasteiger charge is 2.15. The van der Waals surface area contributed by atoms with Crippen LogP contribution in [0.15, 0.2) is 53.1 Å². The first-order valence-corrected chi connectivity index (χ1v) is 6.90. The highest BCUT2D eigenvalue weighted by atomic mass is 16.3. The van der Waals surface area contributed by atoms with Crippen molar-refractivity contribution in [2.75, 3.05) is 5.32 Å². The Bertz CT molecular complexity index is 757. The van der Waals surface area contributed by atoms with Crippen LogP contribution in [0.4, 0.5) is 5.69 Å². The summed E-state index contributed by atoms with van der Waals surface area (Å²) in [6.07, 6.45) is 1.69. The fourth-order valence-corrected chi connectivity index (χ4v) is 2.08. The van der Waals surface area contributed by atoms with E-state index in [0.717, 1.165) is 11.0 Å². The first kappa shape index (κ1) is 13.4. The molecular weight excluding hydrogens is 264 g/mol. The van der Waals surface area contributed by atoms with Crippen molar-refractivity contribution in [3.05, 3.63) is 48.7 Å². The summed E-state index contributed by atoms with van der Waals surface area (Å²) in [5.41, 5.74) is 2.11. The quantitative estimate of drug-likeness (QED) is 0.786. The highest BCUT2D eigenvalue weighted by Crippen LogP contribution is 2.31. The van der Waals surface area contributed by atoms with Crippen LogP contribution in [0.5, 0.6) is 0 Å². The summed E-state index contributed by atoms with van der Waals surface area (Å²) in [6, 6.07) is 13.3. The van der Waals surface area contributed by atoms with Crippen LogP contribution < -0.4 is 5.32 Å². The number of amides is 1. The number of carbonyl (C=O) groups is 1. The molecule has 0 aliphatic rings. The Morgan fingerprint density at radius 1 is 1.19 bits per heavy atom. The van der Waals surface area contributed by atoms with Crippen LogP contribution in [0.1, 0.15) is 13.8 Å². The third-order valence-electron chi connectivity index (χ3n) is 3.25. The molecule has 2 aromatic heterocycles. The van der Waals surface area contributed by atoms with E-state index < -0.39 is 0 Å². The largest absolute Gasteiger partial charge is 0.454 e. The first-order chi connectivity index (χ1) is 10.1. The standard InChI is InChI=1S/C17H16N2O2/c1-11(2)17(20)19-13-7-5-9-18-16(13)15-10-12-6-3-4-8-14(12)21-15/h3-11H,1-2H3,(H,19,20). The second kappa shape index (κ2) is 5.40. The van der Waals surface area contributed by atoms with Crippen molar-refractivity contribution in [1.29, 1.82) is 0 Å². The van der Waals surface area contributed by atoms with Crippen molar-refractivity contribution < 1.29 is 9.21 Å². The zero-order valence-electron chi connectivity index (χ0n) is 12.0. The maximum Gasteiger partial charge on any atom is 0.226 e. The number of pyridine rings is 1. The van der Waals surface area contributed by atoms with E-state index in [4.69, 9.17) is 4.42 Å². The van der Waals surface area contributed by atoms with Gasteiger partial charge in [-0.25, -0.2) is 0 Å². The number of nitrogens with one attached hydrogen (secondary N) is 1. The van der Waals surface area contributed by atoms with Gasteiger partial charge in [-0.2, -0.15) is 0 Å². The number of anilines is 1. The average Bonchev–Trinajstić information content (AvgIpc) is 2.91. The number of carbonyl (C=O) groups excluding carboxylic acids is 1. The average molecular weight is 280 g/mol. The molecule has 0 aliphatic heterocycles. The van der Waals surface area contributed by atoms with Gasteiger partial charge >= 0.3 is 0 Å². The van der Waals surface area contributed by atoms with Crippen molar-refractivity contribution in [3.63, 3.8) is 0 Å². The van der Waals surface area contributed by atoms with Gasteiger partial charge in [0.15, 0.2) is 5.76 Å². The molecule has 1 amide bonds. The number of para-hydroxylation sites is 1. The summed E-state index contributed by atoms with van der Waals surface area (Å²) in [5, 5.41) is 3.90. The fourth-order valence-electron chi connectivity index (χ4n) is 2.08. The van der Waals surface area contributed by atoms with Crippen LogP contribution in [-0.2, 0) is 4.79 Å². The lowest BCUT2D eigenvalue weighted by Gasteiger charge is -2.10. The van der Waals surface area contributed by atoms with Crippen LogP contribution in [-0.4, -0.2) is 10.9 Å². The molecule has 0 fully saturated rings. The lowest BCUT2D eigenvalue weighted by molar-refractivity contribution is -0.118. The Morgan fingerprint density at radius 3 is 2.76 bits per heavy atom. The number of furan rings is 1. The van der Waals surface area contributed by atoms with Crippen molar-refractivity contribution in [3.8, 4) is 11.5 Å². The third kappa shape index (κ3) is 2.65. The second-order valence-electron chi connectivity index (χ2n) is 5.19. The molecule has 1 N–H and O–H groups in total. The summed E-state index contributed by atoms with van der Waals surface area (Å²) in [7, 11) is 0. The molecule has 21 heavy (non-hydrogen) atoms. The van der Waals surface area contributed by atoms with Crippen LogP contribution in [0.25, 0.3) is 22.4 Å². The maximum atomic E-state index is 11.9. The number of hydrogen-bond donors (Lipinski definition) is 1. The first-order valence-electron chi connectivity index (χ1n) is 6.90. The fraction of sp³-hybridized carbons (Fsp3) is 0.176. The van der Waals surface area contributed by atoms with E-state index in [1.807, 2.05) is 50.2 Å². The number of benzene rings is 1. The normalized spacial score (nSPS) is 11.0. The molecule has 4 nitrogen and oxygen atoms in total. The number of nitrogens with zero attached hydrogens (tertiary/aromatic N) is 1. The molecule has 0 bridgehead atoms. The topological polar surface area (TPSA) is 55.1 Å². The summed E-state index contributed by atoms with van der Waals surface area (Å²) in [6.45, 7) is 3.71. The molecule has 0 atom stereocenters. The van der Waals surface area contributed by atoms with E-state index in [2.05, 4.69) is 10.3 Å². The van der Waals surface area contributed by atoms with Gasteiger partial charge in [0.1, 0.15) is 11.3 Å². The molecule has 0 unspecified atom stereocenters. The van der Waals surface area contributed by atoms with Crippen LogP contribution in [0.3, 0.4) is 0 Å². The molecule has 106 valence electrons. The third-order valence-corrected chi connectivity index (χ3v) is 3.25. The number of rotatable bonds is 3. The minimum Gasteiger partial charge on any atom is -0.454 e. The number of fused-ring (bicyclic) bond motifs is 1. The van der Waals surface area contributed by atoms with Gasteiger partial charge in [0.05, 0.1) is 5.69 Å². The van der Waals surface area contributed by atoms with Crippen molar-refractivity contribution >= 4 is 22.6 Å². The minimum atomic E-state index is -0.0891. The Labute approximate surface area is 122 Å². The summed E-state index contributed by atoms with van der Waals surface area (Å²) in [5.74, 6) is 0.518. The van der Waals surface area contributed by atoms with E-state index in [9.17, 15) is 4.79 Å². The van der Waals surface area contributed by atoms with Crippen LogP contribution in [0.2, 0.25) is 0 Å². The zero-order chi connectivity index (χ0) is 14.8. The van der Waals surface area contributed by atoms with Gasteiger partial charge in [-0.3, -0.25) is 9.78 Å². The molecule has 3 rings (SSSR count). The van der Waals surface area contributed by atoms with Crippen LogP contribution in [0, 0.1) is 5.92 Å². The molecule has 0 spiro atoms. The highest BCUT2D eigenvalue weighted by molar-refractivity contribution is 5.96. The number of hydrogen-bond acceptors (Lipinski definition) is 3. The molecule has 0 radical (unpaired) electrons. The lowest BCUT2D eigenvalue weighted by Crippen LogP contribution is -2.18. The molecule has 1 aromatic carbocycles. The van der Waals surface area contributed by atoms with Gasteiger partial charge in [-0.15, -0.1) is 0 Å². The molecule has 0 saturated heterocycles. The summed E-state index contributed by atoms with van der Waals surface area (Å²) < 4.78 is 5.82. The molecule has 4 heteroatoms. The minimum absolute atomic E-state index is 0.0413. The lowest BCUT2D eigenvalue weighted by atomic mass is 10.1. The van der Waals surface area contributed by atoms with Crippen molar-refractivity contribution in [2.24, 2.45) is 5.92 Å². The van der Waals surface area contributed by atoms with Gasteiger partial charge in [-0.1, -0.05) is 32.0 Å². The van der Waals surface area contributed by atoms with E-state index in [0.29, 0.717) is 17.1 Å². The van der Waals surface area contributed by atoms with Gasteiger partial charge in [-0.05, 0) is 24.3 Å². The maximum absolute atomic E-state index is 11.9. The van der Waals surface area contributed by atoms with Gasteiger partial charge < -0.3 is 9.73 Å². The SMILES string of the molecule is CC(C)C(=O)Nc1cccnc1-c1cc2ccccc2o1. The van der Waals surface area contributed by atoms with Gasteiger partial charge in [0.2, 0.25) is 5.91 Å². The van der Waals surface area contributed by atoms with Crippen molar-refractivity contribution in [2.45, 2.75) is 13.8 Å². The predicted molar refractivity (Wildman–Crippen MR) is 82.9 cm³/mol. The van der Waals surface area contributed by atoms with Crippen LogP contribution >= 0.6 is 0 Å². The molecular formula is C17H16N2O2. The molecule has 0 saturated carbocycles. The summed E-state index contributed by atoms with van der Waals surface area (Å²) in [4.78, 5) is 16.2. The van der Waals surface area contributed by atoms with Crippen molar-refractivity contribution in [1.82, 2.24) is 4.98 Å². The van der Waals surface area contributed by atoms with E-state index in [1.165, 1.54) is 0 Å². The Morgan fingerprint density at radius 2 is 2.00 bits per heavy atom. The van der Waals surface area contributed by atoms with Gasteiger partial charge in [0.25, 0.3) is 0 Å². The Kier molecular flexibility index (Phi) is 3.44. The predicted octanol–water partition coefficient (Wildman–Crippen LogP) is 4.09. The Balaban J connectivity index is 2.03. The van der Waals surface area contributed by atoms with E-state index in [1.54, 1.807) is 12.3 Å². The smallest absolute Gasteiger partial charge is 0.226 e. The molecule has 0 aliphatic carbocycles. The zero-order valence-corrected chi connectivity index (χ0v) is 12.0. The van der Waals surface area contributed by atoms with E-state index >= 15 is 0 Å². The molecule has 3 aromatic rings. The molecule has 2 heterocycles.